The van der Waals surface area contributed by atoms with E-state index in [1.165, 1.54) is 16.3 Å². The van der Waals surface area contributed by atoms with E-state index in [9.17, 15) is 0 Å². The predicted octanol–water partition coefficient (Wildman–Crippen LogP) is 11.6. The number of anilines is 3. The van der Waals surface area contributed by atoms with Crippen molar-refractivity contribution in [2.45, 2.75) is 0 Å². The molecule has 4 heterocycles. The molecule has 0 aliphatic carbocycles. The average molecular weight is 629 g/mol. The molecular formula is C43H24N4O2. The minimum Gasteiger partial charge on any atom is -0.456 e. The molecule has 0 saturated carbocycles. The van der Waals surface area contributed by atoms with Crippen molar-refractivity contribution < 1.29 is 8.83 Å². The summed E-state index contributed by atoms with van der Waals surface area (Å²) in [7, 11) is 0. The molecule has 11 rings (SSSR count). The normalized spacial score (nSPS) is 12.4. The van der Waals surface area contributed by atoms with Gasteiger partial charge in [-0.05, 0) is 71.6 Å². The van der Waals surface area contributed by atoms with Crippen LogP contribution in [0, 0.1) is 0 Å². The fourth-order valence-corrected chi connectivity index (χ4v) is 7.43. The molecule has 7 aromatic carbocycles. The third kappa shape index (κ3) is 3.85. The van der Waals surface area contributed by atoms with E-state index >= 15 is 0 Å². The van der Waals surface area contributed by atoms with Crippen LogP contribution >= 0.6 is 0 Å². The van der Waals surface area contributed by atoms with Gasteiger partial charge in [0.2, 0.25) is 5.95 Å². The van der Waals surface area contributed by atoms with Crippen molar-refractivity contribution in [1.29, 1.82) is 0 Å². The largest absolute Gasteiger partial charge is 0.456 e. The Balaban J connectivity index is 1.19. The lowest BCUT2D eigenvalue weighted by atomic mass is 9.91. The molecule has 0 bridgehead atoms. The van der Waals surface area contributed by atoms with E-state index < -0.39 is 0 Å². The highest BCUT2D eigenvalue weighted by atomic mass is 16.3. The molecule has 0 spiro atoms. The van der Waals surface area contributed by atoms with Crippen molar-refractivity contribution in [1.82, 2.24) is 15.0 Å². The maximum absolute atomic E-state index is 6.16. The summed E-state index contributed by atoms with van der Waals surface area (Å²) in [6, 6.07) is 49.9. The summed E-state index contributed by atoms with van der Waals surface area (Å²) in [4.78, 5) is 17.8. The maximum Gasteiger partial charge on any atom is 0.238 e. The number of fused-ring (bicyclic) bond motifs is 8. The highest BCUT2D eigenvalue weighted by Gasteiger charge is 2.28. The van der Waals surface area contributed by atoms with Gasteiger partial charge >= 0.3 is 0 Å². The monoisotopic (exact) mass is 628 g/mol. The molecule has 228 valence electrons. The first kappa shape index (κ1) is 26.3. The zero-order chi connectivity index (χ0) is 32.1. The molecule has 10 aromatic rings. The summed E-state index contributed by atoms with van der Waals surface area (Å²) in [6.07, 6.45) is 0. The van der Waals surface area contributed by atoms with Gasteiger partial charge in [0.25, 0.3) is 0 Å². The summed E-state index contributed by atoms with van der Waals surface area (Å²) in [5, 5.41) is 6.48. The quantitative estimate of drug-likeness (QED) is 0.194. The Morgan fingerprint density at radius 3 is 1.61 bits per heavy atom. The van der Waals surface area contributed by atoms with Crippen molar-refractivity contribution in [2.24, 2.45) is 0 Å². The predicted molar refractivity (Wildman–Crippen MR) is 196 cm³/mol. The van der Waals surface area contributed by atoms with E-state index in [4.69, 9.17) is 23.8 Å². The summed E-state index contributed by atoms with van der Waals surface area (Å²) in [5.74, 6) is 1.70. The summed E-state index contributed by atoms with van der Waals surface area (Å²) in [5.41, 5.74) is 9.48. The van der Waals surface area contributed by atoms with Gasteiger partial charge in [-0.2, -0.15) is 9.97 Å². The summed E-state index contributed by atoms with van der Waals surface area (Å²) in [6.45, 7) is 0. The minimum absolute atomic E-state index is 0.545. The average Bonchev–Trinajstić information content (AvgIpc) is 3.72. The van der Waals surface area contributed by atoms with E-state index in [1.54, 1.807) is 0 Å². The van der Waals surface area contributed by atoms with Gasteiger partial charge in [-0.15, -0.1) is 0 Å². The number of aromatic nitrogens is 3. The fourth-order valence-electron chi connectivity index (χ4n) is 7.43. The van der Waals surface area contributed by atoms with Crippen LogP contribution in [0.25, 0.3) is 88.6 Å². The Morgan fingerprint density at radius 1 is 0.408 bits per heavy atom. The van der Waals surface area contributed by atoms with Crippen molar-refractivity contribution in [3.05, 3.63) is 146 Å². The van der Waals surface area contributed by atoms with Crippen LogP contribution in [0.5, 0.6) is 0 Å². The zero-order valence-electron chi connectivity index (χ0n) is 26.0. The molecule has 6 heteroatoms. The Hall–Kier alpha value is -6.79. The first-order valence-corrected chi connectivity index (χ1v) is 16.3. The third-order valence-corrected chi connectivity index (χ3v) is 9.65. The number of para-hydroxylation sites is 3. The van der Waals surface area contributed by atoms with Crippen molar-refractivity contribution in [3.63, 3.8) is 0 Å². The van der Waals surface area contributed by atoms with Gasteiger partial charge in [0.05, 0.1) is 11.4 Å². The number of benzene rings is 7. The van der Waals surface area contributed by atoms with Crippen LogP contribution in [0.4, 0.5) is 17.3 Å². The molecule has 0 saturated heterocycles. The lowest BCUT2D eigenvalue weighted by molar-refractivity contribution is 0.668. The van der Waals surface area contributed by atoms with Gasteiger partial charge < -0.3 is 8.83 Å². The molecule has 0 fully saturated rings. The van der Waals surface area contributed by atoms with Gasteiger partial charge in [0, 0.05) is 43.6 Å². The highest BCUT2D eigenvalue weighted by molar-refractivity contribution is 6.13. The standard InChI is InChI=1S/C43H24N4O2/c1-4-15-34-28(11-1)31-14-7-9-25-10-8-16-35(40(25)31)47(34)43-45-41(26-19-21-38-32(23-26)29-12-2-5-17-36(29)48-38)44-42(46-43)27-20-22-39-33(24-27)30-13-3-6-18-37(30)49-39/h1-24H. The second kappa shape index (κ2) is 9.86. The SMILES string of the molecule is c1ccc2c(c1)-c1cccc3cccc(c13)N2c1nc(-c2ccc3oc4ccccc4c3c2)nc(-c2ccc3oc4ccccc4c3c2)n1. The third-order valence-electron chi connectivity index (χ3n) is 9.65. The van der Waals surface area contributed by atoms with Crippen LogP contribution in [0.15, 0.2) is 154 Å². The van der Waals surface area contributed by atoms with Gasteiger partial charge in [-0.3, -0.25) is 4.90 Å². The van der Waals surface area contributed by atoms with Crippen molar-refractivity contribution in [3.8, 4) is 33.9 Å². The van der Waals surface area contributed by atoms with E-state index in [0.29, 0.717) is 17.6 Å². The van der Waals surface area contributed by atoms with Crippen LogP contribution in [-0.4, -0.2) is 15.0 Å². The Bertz CT molecular complexity index is 2840. The molecule has 49 heavy (non-hydrogen) atoms. The van der Waals surface area contributed by atoms with Crippen LogP contribution in [-0.2, 0) is 0 Å². The minimum atomic E-state index is 0.545. The van der Waals surface area contributed by atoms with Crippen LogP contribution in [0.1, 0.15) is 0 Å². The number of hydrogen-bond donors (Lipinski definition) is 0. The van der Waals surface area contributed by atoms with Crippen LogP contribution in [0.2, 0.25) is 0 Å². The fraction of sp³-hybridized carbons (Fsp3) is 0. The first-order valence-electron chi connectivity index (χ1n) is 16.3. The molecule has 0 N–H and O–H groups in total. The lowest BCUT2D eigenvalue weighted by Gasteiger charge is -2.32. The van der Waals surface area contributed by atoms with Gasteiger partial charge in [0.1, 0.15) is 22.3 Å². The number of rotatable bonds is 3. The summed E-state index contributed by atoms with van der Waals surface area (Å²) < 4.78 is 12.3. The first-order chi connectivity index (χ1) is 24.3. The van der Waals surface area contributed by atoms with Gasteiger partial charge in [-0.1, -0.05) is 84.9 Å². The van der Waals surface area contributed by atoms with Crippen LogP contribution in [0.3, 0.4) is 0 Å². The van der Waals surface area contributed by atoms with E-state index in [-0.39, 0.29) is 0 Å². The number of hydrogen-bond acceptors (Lipinski definition) is 6. The molecule has 0 unspecified atom stereocenters. The highest BCUT2D eigenvalue weighted by Crippen LogP contribution is 2.50. The molecule has 0 radical (unpaired) electrons. The second-order valence-corrected chi connectivity index (χ2v) is 12.4. The molecule has 0 atom stereocenters. The zero-order valence-corrected chi connectivity index (χ0v) is 26.0. The molecule has 1 aliphatic heterocycles. The van der Waals surface area contributed by atoms with E-state index in [2.05, 4.69) is 89.8 Å². The Morgan fingerprint density at radius 2 is 0.939 bits per heavy atom. The van der Waals surface area contributed by atoms with Gasteiger partial charge in [0.15, 0.2) is 11.6 Å². The number of furan rings is 2. The Labute approximate surface area is 279 Å². The smallest absolute Gasteiger partial charge is 0.238 e. The molecule has 3 aromatic heterocycles. The number of nitrogens with zero attached hydrogens (tertiary/aromatic N) is 4. The second-order valence-electron chi connectivity index (χ2n) is 12.4. The topological polar surface area (TPSA) is 68.2 Å². The maximum atomic E-state index is 6.16. The van der Waals surface area contributed by atoms with Crippen molar-refractivity contribution in [2.75, 3.05) is 4.90 Å². The lowest BCUT2D eigenvalue weighted by Crippen LogP contribution is -2.18. The molecule has 1 aliphatic rings. The molecule has 6 nitrogen and oxygen atoms in total. The van der Waals surface area contributed by atoms with E-state index in [0.717, 1.165) is 71.9 Å². The van der Waals surface area contributed by atoms with E-state index in [1.807, 2.05) is 60.7 Å². The summed E-state index contributed by atoms with van der Waals surface area (Å²) >= 11 is 0. The Kier molecular flexibility index (Phi) is 5.29. The van der Waals surface area contributed by atoms with Crippen LogP contribution < -0.4 is 4.90 Å². The molecule has 0 amide bonds. The van der Waals surface area contributed by atoms with Gasteiger partial charge in [-0.25, -0.2) is 4.98 Å². The molecular weight excluding hydrogens is 604 g/mol. The van der Waals surface area contributed by atoms with Crippen molar-refractivity contribution >= 4 is 72.0 Å².